The van der Waals surface area contributed by atoms with E-state index < -0.39 is 0 Å². The average Bonchev–Trinajstić information content (AvgIpc) is 2.34. The van der Waals surface area contributed by atoms with Gasteiger partial charge >= 0.3 is 0 Å². The number of hydrogen-bond acceptors (Lipinski definition) is 3. The van der Waals surface area contributed by atoms with E-state index in [9.17, 15) is 4.79 Å². The van der Waals surface area contributed by atoms with Crippen molar-refractivity contribution in [1.29, 1.82) is 0 Å². The van der Waals surface area contributed by atoms with Crippen LogP contribution in [0, 0.1) is 5.92 Å². The highest BCUT2D eigenvalue weighted by Crippen LogP contribution is 2.03. The smallest absolute Gasteiger partial charge is 0.220 e. The van der Waals surface area contributed by atoms with Crippen LogP contribution < -0.4 is 10.6 Å². The van der Waals surface area contributed by atoms with Crippen LogP contribution in [0.2, 0.25) is 0 Å². The minimum Gasteiger partial charge on any atom is -0.378 e. The van der Waals surface area contributed by atoms with E-state index in [1.807, 2.05) is 6.92 Å². The van der Waals surface area contributed by atoms with E-state index in [1.165, 1.54) is 0 Å². The summed E-state index contributed by atoms with van der Waals surface area (Å²) in [6, 6.07) is 0.492. The molecule has 0 saturated carbocycles. The number of nitrogens with one attached hydrogen (secondary N) is 2. The van der Waals surface area contributed by atoms with Crippen molar-refractivity contribution in [2.75, 3.05) is 19.7 Å². The SMILES string of the molecule is CCNC(C)CCOC(C)CCC(=O)NCC(C)C. The van der Waals surface area contributed by atoms with Crippen LogP contribution in [-0.4, -0.2) is 37.7 Å². The van der Waals surface area contributed by atoms with Crippen LogP contribution in [0.3, 0.4) is 0 Å². The molecule has 0 aromatic carbocycles. The third kappa shape index (κ3) is 12.2. The third-order valence-electron chi connectivity index (χ3n) is 2.99. The molecule has 0 heterocycles. The fourth-order valence-corrected chi connectivity index (χ4v) is 1.72. The first kappa shape index (κ1) is 18.4. The summed E-state index contributed by atoms with van der Waals surface area (Å²) in [5.41, 5.74) is 0. The van der Waals surface area contributed by atoms with Crippen LogP contribution in [0.4, 0.5) is 0 Å². The number of amides is 1. The predicted octanol–water partition coefficient (Wildman–Crippen LogP) is 2.33. The van der Waals surface area contributed by atoms with Crippen LogP contribution in [-0.2, 0) is 9.53 Å². The second-order valence-corrected chi connectivity index (χ2v) is 5.67. The van der Waals surface area contributed by atoms with Gasteiger partial charge in [-0.25, -0.2) is 0 Å². The lowest BCUT2D eigenvalue weighted by Gasteiger charge is -2.16. The van der Waals surface area contributed by atoms with Gasteiger partial charge in [0.1, 0.15) is 0 Å². The lowest BCUT2D eigenvalue weighted by atomic mass is 10.2. The molecule has 2 unspecified atom stereocenters. The Kier molecular flexibility index (Phi) is 10.9. The van der Waals surface area contributed by atoms with Gasteiger partial charge in [0.2, 0.25) is 5.91 Å². The zero-order valence-electron chi connectivity index (χ0n) is 13.3. The maximum atomic E-state index is 11.5. The molecule has 0 aliphatic heterocycles. The van der Waals surface area contributed by atoms with Gasteiger partial charge in [-0.05, 0) is 39.2 Å². The van der Waals surface area contributed by atoms with Crippen molar-refractivity contribution in [2.45, 2.75) is 66.0 Å². The first-order valence-corrected chi connectivity index (χ1v) is 7.57. The van der Waals surface area contributed by atoms with Crippen LogP contribution in [0.15, 0.2) is 0 Å². The summed E-state index contributed by atoms with van der Waals surface area (Å²) in [5, 5.41) is 6.28. The van der Waals surface area contributed by atoms with Gasteiger partial charge in [0, 0.05) is 25.6 Å². The molecule has 2 atom stereocenters. The summed E-state index contributed by atoms with van der Waals surface area (Å²) in [6.45, 7) is 13.0. The van der Waals surface area contributed by atoms with Crippen LogP contribution in [0.25, 0.3) is 0 Å². The molecule has 0 radical (unpaired) electrons. The van der Waals surface area contributed by atoms with Crippen molar-refractivity contribution >= 4 is 5.91 Å². The minimum absolute atomic E-state index is 0.130. The zero-order valence-corrected chi connectivity index (χ0v) is 13.3. The quantitative estimate of drug-likeness (QED) is 0.607. The van der Waals surface area contributed by atoms with E-state index in [-0.39, 0.29) is 12.0 Å². The van der Waals surface area contributed by atoms with E-state index in [0.29, 0.717) is 18.4 Å². The largest absolute Gasteiger partial charge is 0.378 e. The van der Waals surface area contributed by atoms with E-state index in [4.69, 9.17) is 4.74 Å². The first-order valence-electron chi connectivity index (χ1n) is 7.57. The molecule has 1 amide bonds. The van der Waals surface area contributed by atoms with Crippen molar-refractivity contribution in [3.8, 4) is 0 Å². The molecule has 0 aliphatic rings. The highest BCUT2D eigenvalue weighted by molar-refractivity contribution is 5.75. The Bertz CT molecular complexity index is 232. The molecule has 0 saturated heterocycles. The maximum absolute atomic E-state index is 11.5. The fourth-order valence-electron chi connectivity index (χ4n) is 1.72. The van der Waals surface area contributed by atoms with Crippen molar-refractivity contribution in [3.05, 3.63) is 0 Å². The van der Waals surface area contributed by atoms with Gasteiger partial charge in [-0.3, -0.25) is 4.79 Å². The molecule has 0 spiro atoms. The summed E-state index contributed by atoms with van der Waals surface area (Å²) in [7, 11) is 0. The standard InChI is InChI=1S/C15H32N2O2/c1-6-16-13(4)9-10-19-14(5)7-8-15(18)17-11-12(2)3/h12-14,16H,6-11H2,1-5H3,(H,17,18). The van der Waals surface area contributed by atoms with E-state index >= 15 is 0 Å². The molecular weight excluding hydrogens is 240 g/mol. The fraction of sp³-hybridized carbons (Fsp3) is 0.933. The maximum Gasteiger partial charge on any atom is 0.220 e. The lowest BCUT2D eigenvalue weighted by molar-refractivity contribution is -0.122. The zero-order chi connectivity index (χ0) is 14.7. The Morgan fingerprint density at radius 1 is 1.16 bits per heavy atom. The van der Waals surface area contributed by atoms with E-state index in [0.717, 1.165) is 32.5 Å². The molecule has 0 rings (SSSR count). The Morgan fingerprint density at radius 2 is 1.84 bits per heavy atom. The van der Waals surface area contributed by atoms with Gasteiger partial charge in [-0.1, -0.05) is 20.8 Å². The second kappa shape index (κ2) is 11.2. The summed E-state index contributed by atoms with van der Waals surface area (Å²) >= 11 is 0. The number of ether oxygens (including phenoxy) is 1. The van der Waals surface area contributed by atoms with Gasteiger partial charge in [0.25, 0.3) is 0 Å². The highest BCUT2D eigenvalue weighted by Gasteiger charge is 2.08. The number of carbonyl (C=O) groups excluding carboxylic acids is 1. The molecular formula is C15H32N2O2. The monoisotopic (exact) mass is 272 g/mol. The van der Waals surface area contributed by atoms with Gasteiger partial charge in [0.05, 0.1) is 6.10 Å². The second-order valence-electron chi connectivity index (χ2n) is 5.67. The highest BCUT2D eigenvalue weighted by atomic mass is 16.5. The Balaban J connectivity index is 3.53. The van der Waals surface area contributed by atoms with Gasteiger partial charge in [-0.2, -0.15) is 0 Å². The molecule has 0 aromatic rings. The molecule has 0 bridgehead atoms. The molecule has 0 fully saturated rings. The Hall–Kier alpha value is -0.610. The summed E-state index contributed by atoms with van der Waals surface area (Å²) in [6.07, 6.45) is 2.51. The molecule has 2 N–H and O–H groups in total. The van der Waals surface area contributed by atoms with Gasteiger partial charge in [-0.15, -0.1) is 0 Å². The summed E-state index contributed by atoms with van der Waals surface area (Å²) < 4.78 is 5.71. The Morgan fingerprint density at radius 3 is 2.42 bits per heavy atom. The van der Waals surface area contributed by atoms with Crippen molar-refractivity contribution in [1.82, 2.24) is 10.6 Å². The molecule has 0 aromatic heterocycles. The molecule has 114 valence electrons. The molecule has 19 heavy (non-hydrogen) atoms. The van der Waals surface area contributed by atoms with Gasteiger partial charge < -0.3 is 15.4 Å². The average molecular weight is 272 g/mol. The van der Waals surface area contributed by atoms with E-state index in [2.05, 4.69) is 38.3 Å². The van der Waals surface area contributed by atoms with Crippen LogP contribution >= 0.6 is 0 Å². The first-order chi connectivity index (χ1) is 8.95. The Labute approximate surface area is 118 Å². The predicted molar refractivity (Wildman–Crippen MR) is 80.3 cm³/mol. The molecule has 0 aliphatic carbocycles. The normalized spacial score (nSPS) is 14.4. The summed E-state index contributed by atoms with van der Waals surface area (Å²) in [4.78, 5) is 11.5. The minimum atomic E-state index is 0.130. The number of rotatable bonds is 11. The number of carbonyl (C=O) groups is 1. The van der Waals surface area contributed by atoms with Crippen molar-refractivity contribution in [3.63, 3.8) is 0 Å². The van der Waals surface area contributed by atoms with Crippen LogP contribution in [0.5, 0.6) is 0 Å². The molecule has 4 nitrogen and oxygen atoms in total. The topological polar surface area (TPSA) is 50.4 Å². The van der Waals surface area contributed by atoms with Crippen LogP contribution in [0.1, 0.15) is 53.9 Å². The lowest BCUT2D eigenvalue weighted by Crippen LogP contribution is -2.29. The molecule has 4 heteroatoms. The third-order valence-corrected chi connectivity index (χ3v) is 2.99. The van der Waals surface area contributed by atoms with Crippen molar-refractivity contribution in [2.24, 2.45) is 5.92 Å². The van der Waals surface area contributed by atoms with E-state index in [1.54, 1.807) is 0 Å². The number of hydrogen-bond donors (Lipinski definition) is 2. The van der Waals surface area contributed by atoms with Gasteiger partial charge in [0.15, 0.2) is 0 Å². The summed E-state index contributed by atoms with van der Waals surface area (Å²) in [5.74, 6) is 0.635. The van der Waals surface area contributed by atoms with Crippen molar-refractivity contribution < 1.29 is 9.53 Å².